The number of aliphatic hydroxyl groups excluding tert-OH is 2. The molecule has 1 rings (SSSR count). The monoisotopic (exact) mass is 277 g/mol. The summed E-state index contributed by atoms with van der Waals surface area (Å²) in [5.74, 6) is -0.374. The van der Waals surface area contributed by atoms with Crippen LogP contribution in [0.3, 0.4) is 0 Å². The molecule has 6 nitrogen and oxygen atoms in total. The van der Waals surface area contributed by atoms with E-state index in [0.29, 0.717) is 16.8 Å². The summed E-state index contributed by atoms with van der Waals surface area (Å²) in [6.07, 6.45) is 0.0505. The molecule has 1 aromatic rings. The molecule has 1 atom stereocenters. The predicted octanol–water partition coefficient (Wildman–Crippen LogP) is 0.424. The van der Waals surface area contributed by atoms with E-state index in [1.165, 1.54) is 0 Å². The molecule has 0 aliphatic rings. The molecule has 0 bridgehead atoms. The van der Waals surface area contributed by atoms with Gasteiger partial charge in [0, 0.05) is 18.3 Å². The first-order valence-corrected chi connectivity index (χ1v) is 6.12. The molecule has 1 aromatic carbocycles. The number of hydrogen-bond acceptors (Lipinski definition) is 5. The minimum Gasteiger partial charge on any atom is -0.393 e. The average Bonchev–Trinajstić information content (AvgIpc) is 2.50. The normalized spacial score (nSPS) is 11.6. The lowest BCUT2D eigenvalue weighted by Gasteiger charge is -2.18. The van der Waals surface area contributed by atoms with Gasteiger partial charge in [-0.1, -0.05) is 18.7 Å². The number of anilines is 1. The minimum absolute atomic E-state index is 0.00863. The maximum absolute atomic E-state index is 11.1. The second-order valence-corrected chi connectivity index (χ2v) is 4.12. The van der Waals surface area contributed by atoms with Crippen LogP contribution in [0.15, 0.2) is 30.9 Å². The number of hydrogen-bond donors (Lipinski definition) is 5. The molecule has 0 spiro atoms. The highest BCUT2D eigenvalue weighted by atomic mass is 16.3. The van der Waals surface area contributed by atoms with Gasteiger partial charge in [-0.25, -0.2) is 0 Å². The SMILES string of the molecule is C=CC(=O)NCC(=N)c1c(NC)cccc1C(O)CO. The van der Waals surface area contributed by atoms with Crippen LogP contribution in [0, 0.1) is 5.41 Å². The third kappa shape index (κ3) is 3.66. The standard InChI is InChI=1S/C14H19N3O3/c1-3-13(20)17-7-10(15)14-9(12(19)8-18)5-4-6-11(14)16-2/h3-6,12,15-16,18-19H,1,7-8H2,2H3,(H,17,20). The van der Waals surface area contributed by atoms with Gasteiger partial charge in [-0.3, -0.25) is 4.79 Å². The van der Waals surface area contributed by atoms with Gasteiger partial charge in [0.2, 0.25) is 5.91 Å². The van der Waals surface area contributed by atoms with E-state index in [2.05, 4.69) is 17.2 Å². The van der Waals surface area contributed by atoms with Crippen LogP contribution in [-0.2, 0) is 4.79 Å². The molecular formula is C14H19N3O3. The van der Waals surface area contributed by atoms with Gasteiger partial charge in [-0.2, -0.15) is 0 Å². The van der Waals surface area contributed by atoms with Crippen molar-refractivity contribution in [3.05, 3.63) is 42.0 Å². The highest BCUT2D eigenvalue weighted by Gasteiger charge is 2.18. The molecule has 1 amide bonds. The van der Waals surface area contributed by atoms with Gasteiger partial charge in [-0.15, -0.1) is 0 Å². The van der Waals surface area contributed by atoms with Crippen LogP contribution in [0.2, 0.25) is 0 Å². The fourth-order valence-electron chi connectivity index (χ4n) is 1.83. The van der Waals surface area contributed by atoms with E-state index < -0.39 is 12.7 Å². The van der Waals surface area contributed by atoms with Crippen LogP contribution in [0.4, 0.5) is 5.69 Å². The lowest BCUT2D eigenvalue weighted by molar-refractivity contribution is -0.116. The Morgan fingerprint density at radius 3 is 2.80 bits per heavy atom. The molecule has 1 unspecified atom stereocenters. The molecule has 0 saturated heterocycles. The summed E-state index contributed by atoms with van der Waals surface area (Å²) in [4.78, 5) is 11.1. The molecule has 0 fully saturated rings. The number of benzene rings is 1. The summed E-state index contributed by atoms with van der Waals surface area (Å²) in [5, 5.41) is 32.4. The topological polar surface area (TPSA) is 105 Å². The highest BCUT2D eigenvalue weighted by molar-refractivity contribution is 6.07. The molecule has 0 saturated carbocycles. The van der Waals surface area contributed by atoms with Crippen molar-refractivity contribution in [2.75, 3.05) is 25.5 Å². The van der Waals surface area contributed by atoms with Gasteiger partial charge in [0.1, 0.15) is 6.10 Å². The van der Waals surface area contributed by atoms with Crippen LogP contribution >= 0.6 is 0 Å². The number of aliphatic hydroxyl groups is 2. The lowest BCUT2D eigenvalue weighted by atomic mass is 9.96. The molecule has 108 valence electrons. The molecular weight excluding hydrogens is 258 g/mol. The minimum atomic E-state index is -1.08. The zero-order chi connectivity index (χ0) is 15.1. The third-order valence-electron chi connectivity index (χ3n) is 2.82. The molecule has 6 heteroatoms. The van der Waals surface area contributed by atoms with Crippen LogP contribution in [0.25, 0.3) is 0 Å². The van der Waals surface area contributed by atoms with Gasteiger partial charge in [0.25, 0.3) is 0 Å². The number of rotatable bonds is 7. The molecule has 0 aromatic heterocycles. The summed E-state index contributed by atoms with van der Waals surface area (Å²) >= 11 is 0. The van der Waals surface area contributed by atoms with Gasteiger partial charge in [0.05, 0.1) is 18.9 Å². The summed E-state index contributed by atoms with van der Waals surface area (Å²) in [5.41, 5.74) is 1.69. The van der Waals surface area contributed by atoms with Crippen LogP contribution < -0.4 is 10.6 Å². The smallest absolute Gasteiger partial charge is 0.243 e. The molecule has 0 heterocycles. The van der Waals surface area contributed by atoms with E-state index in [0.717, 1.165) is 6.08 Å². The summed E-state index contributed by atoms with van der Waals surface area (Å²) < 4.78 is 0. The van der Waals surface area contributed by atoms with E-state index in [-0.39, 0.29) is 18.2 Å². The molecule has 0 aliphatic heterocycles. The average molecular weight is 277 g/mol. The lowest BCUT2D eigenvalue weighted by Crippen LogP contribution is -2.29. The second kappa shape index (κ2) is 7.42. The first-order valence-electron chi connectivity index (χ1n) is 6.12. The highest BCUT2D eigenvalue weighted by Crippen LogP contribution is 2.25. The van der Waals surface area contributed by atoms with E-state index in [1.54, 1.807) is 25.2 Å². The maximum Gasteiger partial charge on any atom is 0.243 e. The van der Waals surface area contributed by atoms with Crippen LogP contribution in [-0.4, -0.2) is 42.0 Å². The van der Waals surface area contributed by atoms with Crippen molar-refractivity contribution >= 4 is 17.3 Å². The quantitative estimate of drug-likeness (QED) is 0.368. The van der Waals surface area contributed by atoms with Crippen LogP contribution in [0.5, 0.6) is 0 Å². The van der Waals surface area contributed by atoms with Gasteiger partial charge in [0.15, 0.2) is 0 Å². The Morgan fingerprint density at radius 2 is 2.25 bits per heavy atom. The van der Waals surface area contributed by atoms with E-state index in [9.17, 15) is 9.90 Å². The molecule has 20 heavy (non-hydrogen) atoms. The number of carbonyl (C=O) groups excluding carboxylic acids is 1. The van der Waals surface area contributed by atoms with Crippen molar-refractivity contribution in [3.8, 4) is 0 Å². The Bertz CT molecular complexity index is 514. The fourth-order valence-corrected chi connectivity index (χ4v) is 1.83. The number of carbonyl (C=O) groups is 1. The second-order valence-electron chi connectivity index (χ2n) is 4.12. The summed E-state index contributed by atoms with van der Waals surface area (Å²) in [7, 11) is 1.70. The first-order chi connectivity index (χ1) is 9.54. The van der Waals surface area contributed by atoms with Gasteiger partial charge >= 0.3 is 0 Å². The van der Waals surface area contributed by atoms with Crippen molar-refractivity contribution in [2.45, 2.75) is 6.10 Å². The maximum atomic E-state index is 11.1. The van der Waals surface area contributed by atoms with Gasteiger partial charge in [-0.05, 0) is 17.7 Å². The molecule has 0 radical (unpaired) electrons. The number of amides is 1. The van der Waals surface area contributed by atoms with Crippen molar-refractivity contribution in [2.24, 2.45) is 0 Å². The van der Waals surface area contributed by atoms with Crippen LogP contribution in [0.1, 0.15) is 17.2 Å². The Morgan fingerprint density at radius 1 is 1.55 bits per heavy atom. The number of nitrogens with one attached hydrogen (secondary N) is 3. The zero-order valence-electron chi connectivity index (χ0n) is 11.3. The Labute approximate surface area is 117 Å². The van der Waals surface area contributed by atoms with E-state index in [4.69, 9.17) is 10.5 Å². The van der Waals surface area contributed by atoms with Crippen molar-refractivity contribution in [1.82, 2.24) is 5.32 Å². The fraction of sp³-hybridized carbons (Fsp3) is 0.286. The predicted molar refractivity (Wildman–Crippen MR) is 78.1 cm³/mol. The van der Waals surface area contributed by atoms with Crippen molar-refractivity contribution in [3.63, 3.8) is 0 Å². The van der Waals surface area contributed by atoms with Gasteiger partial charge < -0.3 is 26.3 Å². The Kier molecular flexibility index (Phi) is 5.89. The molecule has 5 N–H and O–H groups in total. The van der Waals surface area contributed by atoms with E-state index in [1.807, 2.05) is 0 Å². The molecule has 0 aliphatic carbocycles. The van der Waals surface area contributed by atoms with Crippen molar-refractivity contribution < 1.29 is 15.0 Å². The Hall–Kier alpha value is -2.18. The largest absolute Gasteiger partial charge is 0.393 e. The summed E-state index contributed by atoms with van der Waals surface area (Å²) in [6, 6.07) is 5.12. The Balaban J connectivity index is 3.09. The van der Waals surface area contributed by atoms with Crippen molar-refractivity contribution in [1.29, 1.82) is 5.41 Å². The van der Waals surface area contributed by atoms with E-state index >= 15 is 0 Å². The first kappa shape index (κ1) is 15.9. The summed E-state index contributed by atoms with van der Waals surface area (Å²) in [6.45, 7) is 2.91. The third-order valence-corrected chi connectivity index (χ3v) is 2.82. The zero-order valence-corrected chi connectivity index (χ0v) is 11.3.